The van der Waals surface area contributed by atoms with Gasteiger partial charge in [-0.1, -0.05) is 63.6 Å². The van der Waals surface area contributed by atoms with E-state index in [1.165, 1.54) is 0 Å². The number of hydrogen-bond donors (Lipinski definition) is 0. The third kappa shape index (κ3) is 4.04. The smallest absolute Gasteiger partial charge is 0.142 e. The predicted octanol–water partition coefficient (Wildman–Crippen LogP) is 3.88. The second kappa shape index (κ2) is 6.21. The number of benzene rings is 2. The van der Waals surface area contributed by atoms with Gasteiger partial charge in [0.05, 0.1) is 0 Å². The van der Waals surface area contributed by atoms with E-state index in [2.05, 4.69) is 27.3 Å². The Hall–Kier alpha value is -1.61. The van der Waals surface area contributed by atoms with E-state index in [0.29, 0.717) is 6.61 Å². The minimum Gasteiger partial charge on any atom is -0.390 e. The van der Waals surface area contributed by atoms with E-state index in [-0.39, 0.29) is 0 Å². The summed E-state index contributed by atoms with van der Waals surface area (Å²) in [6.07, 6.45) is 2.83. The molecule has 0 unspecified atom stereocenters. The summed E-state index contributed by atoms with van der Waals surface area (Å²) < 4.78 is 1.00. The lowest BCUT2D eigenvalue weighted by Crippen LogP contribution is -1.87. The van der Waals surface area contributed by atoms with Gasteiger partial charge in [0, 0.05) is 10.0 Å². The zero-order chi connectivity index (χ0) is 11.9. The topological polar surface area (TPSA) is 21.6 Å². The van der Waals surface area contributed by atoms with Gasteiger partial charge in [-0.2, -0.15) is 0 Å². The van der Waals surface area contributed by atoms with Crippen molar-refractivity contribution in [1.82, 2.24) is 0 Å². The Balaban J connectivity index is 1.86. The van der Waals surface area contributed by atoms with Crippen LogP contribution in [0.1, 0.15) is 11.1 Å². The van der Waals surface area contributed by atoms with Crippen LogP contribution in [0.3, 0.4) is 0 Å². The minimum absolute atomic E-state index is 0.460. The highest BCUT2D eigenvalue weighted by atomic mass is 79.9. The summed E-state index contributed by atoms with van der Waals surface area (Å²) in [5.41, 5.74) is 1.97. The average molecular weight is 289 g/mol. The zero-order valence-corrected chi connectivity index (χ0v) is 10.7. The van der Waals surface area contributed by atoms with Crippen LogP contribution in [-0.2, 0) is 11.4 Å². The molecule has 0 aliphatic heterocycles. The van der Waals surface area contributed by atoms with Gasteiger partial charge >= 0.3 is 0 Å². The third-order valence-corrected chi connectivity index (χ3v) is 2.63. The SMILES string of the molecule is Brc1cccc(/[C]=N\OCc2ccccc2)c1. The molecule has 0 bridgehead atoms. The number of nitrogens with zero attached hydrogens (tertiary/aromatic N) is 1. The Bertz CT molecular complexity index is 497. The van der Waals surface area contributed by atoms with Crippen LogP contribution in [0.25, 0.3) is 0 Å². The summed E-state index contributed by atoms with van der Waals surface area (Å²) in [5, 5.41) is 3.81. The van der Waals surface area contributed by atoms with Gasteiger partial charge in [0.25, 0.3) is 0 Å². The first-order chi connectivity index (χ1) is 8.34. The van der Waals surface area contributed by atoms with Crippen LogP contribution >= 0.6 is 15.9 Å². The van der Waals surface area contributed by atoms with E-state index in [0.717, 1.165) is 15.6 Å². The van der Waals surface area contributed by atoms with Crippen LogP contribution in [0.5, 0.6) is 0 Å². The maximum absolute atomic E-state index is 5.16. The predicted molar refractivity (Wildman–Crippen MR) is 71.9 cm³/mol. The van der Waals surface area contributed by atoms with Gasteiger partial charge in [0.2, 0.25) is 0 Å². The van der Waals surface area contributed by atoms with E-state index in [9.17, 15) is 0 Å². The molecule has 0 aliphatic rings. The molecule has 1 radical (unpaired) electrons. The molecule has 0 heterocycles. The molecule has 3 heteroatoms. The Labute approximate surface area is 109 Å². The maximum atomic E-state index is 5.16. The lowest BCUT2D eigenvalue weighted by atomic mass is 10.2. The van der Waals surface area contributed by atoms with Crippen molar-refractivity contribution in [2.45, 2.75) is 6.61 Å². The molecule has 2 aromatic carbocycles. The summed E-state index contributed by atoms with van der Waals surface area (Å²) in [7, 11) is 0. The fraction of sp³-hybridized carbons (Fsp3) is 0.0714. The van der Waals surface area contributed by atoms with Crippen molar-refractivity contribution in [1.29, 1.82) is 0 Å². The van der Waals surface area contributed by atoms with E-state index in [1.54, 1.807) is 0 Å². The van der Waals surface area contributed by atoms with Gasteiger partial charge in [-0.25, -0.2) is 0 Å². The van der Waals surface area contributed by atoms with Crippen LogP contribution in [0.4, 0.5) is 0 Å². The van der Waals surface area contributed by atoms with Gasteiger partial charge in [-0.05, 0) is 17.7 Å². The molecule has 0 atom stereocenters. The minimum atomic E-state index is 0.460. The molecule has 17 heavy (non-hydrogen) atoms. The van der Waals surface area contributed by atoms with E-state index in [4.69, 9.17) is 4.84 Å². The van der Waals surface area contributed by atoms with Crippen LogP contribution < -0.4 is 0 Å². The lowest BCUT2D eigenvalue weighted by Gasteiger charge is -1.98. The van der Waals surface area contributed by atoms with E-state index >= 15 is 0 Å². The molecule has 0 amide bonds. The molecule has 2 nitrogen and oxygen atoms in total. The van der Waals surface area contributed by atoms with Crippen molar-refractivity contribution in [3.8, 4) is 0 Å². The largest absolute Gasteiger partial charge is 0.390 e. The Morgan fingerprint density at radius 2 is 1.88 bits per heavy atom. The molecule has 0 fully saturated rings. The molecule has 0 saturated carbocycles. The molecule has 0 aliphatic carbocycles. The van der Waals surface area contributed by atoms with Gasteiger partial charge < -0.3 is 4.84 Å². The summed E-state index contributed by atoms with van der Waals surface area (Å²) in [5.74, 6) is 0. The first-order valence-corrected chi connectivity index (χ1v) is 6.01. The molecule has 0 N–H and O–H groups in total. The van der Waals surface area contributed by atoms with E-state index in [1.807, 2.05) is 54.6 Å². The highest BCUT2D eigenvalue weighted by Gasteiger charge is 1.92. The second-order valence-electron chi connectivity index (χ2n) is 3.47. The number of rotatable bonds is 4. The standard InChI is InChI=1S/C14H11BrNO/c15-14-8-4-7-13(9-14)10-16-17-11-12-5-2-1-3-6-12/h1-9H,11H2. The summed E-state index contributed by atoms with van der Waals surface area (Å²) in [4.78, 5) is 5.16. The van der Waals surface area contributed by atoms with Crippen molar-refractivity contribution in [2.24, 2.45) is 5.16 Å². The fourth-order valence-electron chi connectivity index (χ4n) is 1.32. The summed E-state index contributed by atoms with van der Waals surface area (Å²) in [6.45, 7) is 0.460. The van der Waals surface area contributed by atoms with Gasteiger partial charge in [0.15, 0.2) is 0 Å². The van der Waals surface area contributed by atoms with Crippen molar-refractivity contribution >= 4 is 22.1 Å². The normalized spacial score (nSPS) is 10.6. The zero-order valence-electron chi connectivity index (χ0n) is 9.14. The molecule has 0 spiro atoms. The van der Waals surface area contributed by atoms with Gasteiger partial charge in [-0.15, -0.1) is 0 Å². The summed E-state index contributed by atoms with van der Waals surface area (Å²) in [6, 6.07) is 17.6. The third-order valence-electron chi connectivity index (χ3n) is 2.14. The fourth-order valence-corrected chi connectivity index (χ4v) is 1.72. The molecule has 0 aromatic heterocycles. The monoisotopic (exact) mass is 288 g/mol. The van der Waals surface area contributed by atoms with Crippen molar-refractivity contribution in [3.05, 3.63) is 70.2 Å². The molecule has 85 valence electrons. The quantitative estimate of drug-likeness (QED) is 0.618. The van der Waals surface area contributed by atoms with Crippen LogP contribution in [0, 0.1) is 0 Å². The van der Waals surface area contributed by atoms with Gasteiger partial charge in [-0.3, -0.25) is 0 Å². The van der Waals surface area contributed by atoms with Crippen LogP contribution in [0.15, 0.2) is 64.2 Å². The molecule has 2 rings (SSSR count). The highest BCUT2D eigenvalue weighted by Crippen LogP contribution is 2.10. The van der Waals surface area contributed by atoms with Crippen LogP contribution in [0.2, 0.25) is 0 Å². The Kier molecular flexibility index (Phi) is 4.33. The Morgan fingerprint density at radius 1 is 1.06 bits per heavy atom. The van der Waals surface area contributed by atoms with Crippen molar-refractivity contribution < 1.29 is 4.84 Å². The first-order valence-electron chi connectivity index (χ1n) is 5.22. The maximum Gasteiger partial charge on any atom is 0.142 e. The summed E-state index contributed by atoms with van der Waals surface area (Å²) >= 11 is 3.39. The van der Waals surface area contributed by atoms with Crippen molar-refractivity contribution in [2.75, 3.05) is 0 Å². The molecular weight excluding hydrogens is 278 g/mol. The van der Waals surface area contributed by atoms with Gasteiger partial charge in [0.1, 0.15) is 12.8 Å². The van der Waals surface area contributed by atoms with E-state index < -0.39 is 0 Å². The van der Waals surface area contributed by atoms with Crippen molar-refractivity contribution in [3.63, 3.8) is 0 Å². The Morgan fingerprint density at radius 3 is 2.65 bits per heavy atom. The molecular formula is C14H11BrNO. The lowest BCUT2D eigenvalue weighted by molar-refractivity contribution is 0.132. The number of halogens is 1. The van der Waals surface area contributed by atoms with Crippen LogP contribution in [-0.4, -0.2) is 6.21 Å². The highest BCUT2D eigenvalue weighted by molar-refractivity contribution is 9.10. The second-order valence-corrected chi connectivity index (χ2v) is 4.39. The first kappa shape index (κ1) is 11.9. The molecule has 0 saturated heterocycles. The molecule has 2 aromatic rings. The average Bonchev–Trinajstić information content (AvgIpc) is 2.36. The number of hydrogen-bond acceptors (Lipinski definition) is 2.